The first-order chi connectivity index (χ1) is 8.99. The number of benzene rings is 1. The lowest BCUT2D eigenvalue weighted by Gasteiger charge is -2.12. The van der Waals surface area contributed by atoms with Crippen molar-refractivity contribution < 1.29 is 9.53 Å². The Labute approximate surface area is 117 Å². The predicted octanol–water partition coefficient (Wildman–Crippen LogP) is 3.08. The Morgan fingerprint density at radius 3 is 2.37 bits per heavy atom. The first kappa shape index (κ1) is 15.2. The minimum Gasteiger partial charge on any atom is -0.465 e. The molecule has 0 saturated carbocycles. The van der Waals surface area contributed by atoms with Crippen molar-refractivity contribution in [3.05, 3.63) is 41.1 Å². The van der Waals surface area contributed by atoms with E-state index in [1.54, 1.807) is 24.3 Å². The smallest absolute Gasteiger partial charge is 0.341 e. The van der Waals surface area contributed by atoms with Gasteiger partial charge in [0.05, 0.1) is 24.1 Å². The summed E-state index contributed by atoms with van der Waals surface area (Å²) < 4.78 is 4.70. The Morgan fingerprint density at radius 2 is 1.95 bits per heavy atom. The van der Waals surface area contributed by atoms with Crippen LogP contribution in [0.3, 0.4) is 0 Å². The van der Waals surface area contributed by atoms with Crippen LogP contribution in [-0.2, 0) is 9.53 Å². The van der Waals surface area contributed by atoms with Crippen LogP contribution in [0.15, 0.2) is 41.0 Å². The van der Waals surface area contributed by atoms with Crippen LogP contribution in [0.2, 0.25) is 5.02 Å². The van der Waals surface area contributed by atoms with E-state index in [4.69, 9.17) is 22.1 Å². The van der Waals surface area contributed by atoms with Gasteiger partial charge < -0.3 is 10.5 Å². The Kier molecular flexibility index (Phi) is 5.57. The van der Waals surface area contributed by atoms with Gasteiger partial charge in [0.25, 0.3) is 0 Å². The Morgan fingerprint density at radius 1 is 1.37 bits per heavy atom. The summed E-state index contributed by atoms with van der Waals surface area (Å²) in [6.07, 6.45) is 1.22. The normalized spacial score (nSPS) is 12.7. The molecule has 19 heavy (non-hydrogen) atoms. The van der Waals surface area contributed by atoms with Crippen molar-refractivity contribution in [1.82, 2.24) is 0 Å². The van der Waals surface area contributed by atoms with E-state index in [9.17, 15) is 4.79 Å². The number of carbonyl (C=O) groups is 1. The monoisotopic (exact) mass is 280 g/mol. The molecule has 4 nitrogen and oxygen atoms in total. The summed E-state index contributed by atoms with van der Waals surface area (Å²) in [5, 5.41) is 0.632. The number of halogens is 1. The summed E-state index contributed by atoms with van der Waals surface area (Å²) in [7, 11) is 1.31. The molecule has 5 heteroatoms. The van der Waals surface area contributed by atoms with Gasteiger partial charge in [0, 0.05) is 11.2 Å². The van der Waals surface area contributed by atoms with Crippen molar-refractivity contribution in [1.29, 1.82) is 0 Å². The molecule has 1 rings (SSSR count). The highest BCUT2D eigenvalue weighted by Gasteiger charge is 2.19. The summed E-state index contributed by atoms with van der Waals surface area (Å²) in [6, 6.07) is 7.02. The summed E-state index contributed by atoms with van der Waals surface area (Å²) >= 11 is 5.82. The second-order valence-electron chi connectivity index (χ2n) is 4.20. The maximum atomic E-state index is 11.7. The molecule has 0 atom stereocenters. The molecule has 0 spiro atoms. The van der Waals surface area contributed by atoms with Gasteiger partial charge in [-0.25, -0.2) is 4.79 Å². The van der Waals surface area contributed by atoms with Gasteiger partial charge in [-0.2, -0.15) is 0 Å². The first-order valence-corrected chi connectivity index (χ1v) is 6.22. The number of ether oxygens (including phenoxy) is 1. The lowest BCUT2D eigenvalue weighted by Crippen LogP contribution is -2.20. The maximum absolute atomic E-state index is 11.7. The van der Waals surface area contributed by atoms with Gasteiger partial charge in [0.2, 0.25) is 0 Å². The molecule has 0 fully saturated rings. The molecule has 0 unspecified atom stereocenters. The van der Waals surface area contributed by atoms with Gasteiger partial charge in [-0.15, -0.1) is 0 Å². The van der Waals surface area contributed by atoms with Crippen LogP contribution < -0.4 is 5.73 Å². The molecule has 1 aromatic rings. The maximum Gasteiger partial charge on any atom is 0.341 e. The number of methoxy groups -OCH3 is 1. The van der Waals surface area contributed by atoms with Crippen molar-refractivity contribution in [2.75, 3.05) is 7.11 Å². The predicted molar refractivity (Wildman–Crippen MR) is 77.7 cm³/mol. The zero-order valence-electron chi connectivity index (χ0n) is 11.2. The van der Waals surface area contributed by atoms with Gasteiger partial charge in [0.15, 0.2) is 0 Å². The highest BCUT2D eigenvalue weighted by Crippen LogP contribution is 2.20. The average molecular weight is 281 g/mol. The molecule has 0 amide bonds. The molecule has 0 bridgehead atoms. The van der Waals surface area contributed by atoms with Crippen LogP contribution in [-0.4, -0.2) is 18.8 Å². The van der Waals surface area contributed by atoms with Crippen LogP contribution in [0.5, 0.6) is 0 Å². The van der Waals surface area contributed by atoms with Crippen LogP contribution >= 0.6 is 11.6 Å². The fourth-order valence-corrected chi connectivity index (χ4v) is 1.65. The topological polar surface area (TPSA) is 64.7 Å². The largest absolute Gasteiger partial charge is 0.465 e. The number of hydrogen-bond acceptors (Lipinski definition) is 4. The van der Waals surface area contributed by atoms with Gasteiger partial charge in [0.1, 0.15) is 0 Å². The fourth-order valence-electron chi connectivity index (χ4n) is 1.52. The average Bonchev–Trinajstić information content (AvgIpc) is 2.40. The van der Waals surface area contributed by atoms with E-state index >= 15 is 0 Å². The lowest BCUT2D eigenvalue weighted by molar-refractivity contribution is -0.135. The summed E-state index contributed by atoms with van der Waals surface area (Å²) in [5.41, 5.74) is 7.06. The van der Waals surface area contributed by atoms with Crippen LogP contribution in [0.25, 0.3) is 0 Å². The molecule has 0 aliphatic rings. The number of nitrogens with two attached hydrogens (primary N) is 1. The summed E-state index contributed by atoms with van der Waals surface area (Å²) in [5.74, 6) is -0.464. The van der Waals surface area contributed by atoms with E-state index < -0.39 is 5.97 Å². The van der Waals surface area contributed by atoms with Crippen molar-refractivity contribution in [3.63, 3.8) is 0 Å². The number of rotatable bonds is 4. The van der Waals surface area contributed by atoms with Crippen molar-refractivity contribution >= 4 is 29.0 Å². The van der Waals surface area contributed by atoms with Gasteiger partial charge in [-0.3, -0.25) is 4.99 Å². The molecule has 0 aliphatic carbocycles. The Hall–Kier alpha value is -1.81. The molecule has 0 radical (unpaired) electrons. The fraction of sp³-hybridized carbons (Fsp3) is 0.286. The molecular weight excluding hydrogens is 264 g/mol. The minimum atomic E-state index is -0.496. The summed E-state index contributed by atoms with van der Waals surface area (Å²) in [4.78, 5) is 16.1. The zero-order chi connectivity index (χ0) is 14.4. The Bertz CT molecular complexity index is 505. The van der Waals surface area contributed by atoms with Crippen molar-refractivity contribution in [3.8, 4) is 0 Å². The van der Waals surface area contributed by atoms with Gasteiger partial charge in [-0.05, 0) is 30.2 Å². The number of aliphatic imine (C=N–C) groups is 1. The number of esters is 1. The van der Waals surface area contributed by atoms with E-state index in [1.807, 2.05) is 13.8 Å². The molecule has 102 valence electrons. The van der Waals surface area contributed by atoms with E-state index in [2.05, 4.69) is 4.99 Å². The van der Waals surface area contributed by atoms with Gasteiger partial charge in [-0.1, -0.05) is 25.4 Å². The van der Waals surface area contributed by atoms with Crippen LogP contribution in [0.1, 0.15) is 13.8 Å². The third-order valence-corrected chi connectivity index (χ3v) is 2.72. The summed E-state index contributed by atoms with van der Waals surface area (Å²) in [6.45, 7) is 3.86. The third-order valence-electron chi connectivity index (χ3n) is 2.47. The van der Waals surface area contributed by atoms with Crippen LogP contribution in [0.4, 0.5) is 5.69 Å². The highest BCUT2D eigenvalue weighted by molar-refractivity contribution is 6.30. The van der Waals surface area contributed by atoms with Crippen LogP contribution in [0, 0.1) is 5.92 Å². The van der Waals surface area contributed by atoms with E-state index in [0.717, 1.165) is 0 Å². The molecule has 2 N–H and O–H groups in total. The molecule has 0 aromatic heterocycles. The first-order valence-electron chi connectivity index (χ1n) is 5.84. The van der Waals surface area contributed by atoms with Crippen molar-refractivity contribution in [2.24, 2.45) is 16.6 Å². The SMILES string of the molecule is COC(=O)C(=CN)C(=Nc1ccc(Cl)cc1)C(C)C. The van der Waals surface area contributed by atoms with E-state index in [0.29, 0.717) is 16.4 Å². The Balaban J connectivity index is 3.20. The molecular formula is C14H17ClN2O2. The molecule has 0 saturated heterocycles. The second kappa shape index (κ2) is 6.95. The molecule has 0 aliphatic heterocycles. The number of carbonyl (C=O) groups excluding carboxylic acids is 1. The standard InChI is InChI=1S/C14H17ClN2O2/c1-9(2)13(12(8-16)14(18)19-3)17-11-6-4-10(15)5-7-11/h4-9H,16H2,1-3H3. The molecule has 0 heterocycles. The number of nitrogens with zero attached hydrogens (tertiary/aromatic N) is 1. The quantitative estimate of drug-likeness (QED) is 0.524. The second-order valence-corrected chi connectivity index (χ2v) is 4.64. The van der Waals surface area contributed by atoms with E-state index in [-0.39, 0.29) is 11.5 Å². The highest BCUT2D eigenvalue weighted by atomic mass is 35.5. The zero-order valence-corrected chi connectivity index (χ0v) is 11.9. The van der Waals surface area contributed by atoms with E-state index in [1.165, 1.54) is 13.3 Å². The lowest BCUT2D eigenvalue weighted by atomic mass is 10.0. The van der Waals surface area contributed by atoms with Gasteiger partial charge >= 0.3 is 5.97 Å². The van der Waals surface area contributed by atoms with Crippen molar-refractivity contribution in [2.45, 2.75) is 13.8 Å². The minimum absolute atomic E-state index is 0.0320. The molecule has 1 aromatic carbocycles. The number of hydrogen-bond donors (Lipinski definition) is 1. The third kappa shape index (κ3) is 4.10.